The van der Waals surface area contributed by atoms with Crippen molar-refractivity contribution in [2.75, 3.05) is 0 Å². The minimum Gasteiger partial charge on any atom is -0.418 e. The summed E-state index contributed by atoms with van der Waals surface area (Å²) in [5.74, 6) is 0. The topological polar surface area (TPSA) is 8.20 Å². The summed E-state index contributed by atoms with van der Waals surface area (Å²) in [4.78, 5) is 0. The largest absolute Gasteiger partial charge is 0.673 e. The van der Waals surface area contributed by atoms with Crippen LogP contribution in [0.5, 0.6) is 0 Å². The second kappa shape index (κ2) is 9.55. The molecule has 12 heteroatoms. The molecule has 0 atom stereocenters. The number of benzene rings is 1. The van der Waals surface area contributed by atoms with Crippen LogP contribution in [0.3, 0.4) is 0 Å². The lowest BCUT2D eigenvalue weighted by molar-refractivity contribution is -0.556. The van der Waals surface area contributed by atoms with E-state index in [1.54, 1.807) is 0 Å². The highest BCUT2D eigenvalue weighted by Crippen LogP contribution is 2.15. The number of nitrogens with zero attached hydrogens (tertiary/aromatic N) is 2. The van der Waals surface area contributed by atoms with Gasteiger partial charge in [0.05, 0.1) is 5.56 Å². The first kappa shape index (κ1) is 23.1. The van der Waals surface area contributed by atoms with Gasteiger partial charge >= 0.3 is 14.5 Å². The Labute approximate surface area is 166 Å². The van der Waals surface area contributed by atoms with E-state index in [-0.39, 0.29) is 0 Å². The van der Waals surface area contributed by atoms with Crippen molar-refractivity contribution in [3.63, 3.8) is 0 Å². The monoisotopic (exact) mass is 432 g/mol. The van der Waals surface area contributed by atoms with Crippen molar-refractivity contribution in [1.29, 1.82) is 0 Å². The van der Waals surface area contributed by atoms with Gasteiger partial charge in [0.15, 0.2) is 12.4 Å². The lowest BCUT2D eigenvalue weighted by Gasteiger charge is -1.99. The molecule has 0 saturated carbocycles. The predicted octanol–water partition coefficient (Wildman–Crippen LogP) is 5.43. The average molecular weight is 432 g/mol. The second-order valence-corrected chi connectivity index (χ2v) is 5.82. The normalized spacial score (nSPS) is 11.3. The summed E-state index contributed by atoms with van der Waals surface area (Å²) in [5.41, 5.74) is 4.80. The van der Waals surface area contributed by atoms with E-state index >= 15 is 0 Å². The Balaban J connectivity index is 0.000000271. The van der Waals surface area contributed by atoms with Crippen molar-refractivity contribution < 1.29 is 43.3 Å². The van der Waals surface area contributed by atoms with E-state index in [2.05, 4.69) is 88.1 Å². The molecule has 0 spiro atoms. The smallest absolute Gasteiger partial charge is 0.418 e. The van der Waals surface area contributed by atoms with Crippen LogP contribution in [0.2, 0.25) is 0 Å². The summed E-state index contributed by atoms with van der Waals surface area (Å²) in [7, 11) is -12.0. The Bertz CT molecular complexity index is 1080. The van der Waals surface area contributed by atoms with E-state index in [1.165, 1.54) is 22.3 Å². The molecule has 0 radical (unpaired) electrons. The van der Waals surface area contributed by atoms with E-state index in [1.807, 2.05) is 6.07 Å². The van der Waals surface area contributed by atoms with Gasteiger partial charge in [-0.15, -0.1) is 4.40 Å². The van der Waals surface area contributed by atoms with Crippen LogP contribution in [0.15, 0.2) is 85.3 Å². The van der Waals surface area contributed by atoms with Gasteiger partial charge in [-0.25, -0.2) is 0 Å². The Kier molecular flexibility index (Phi) is 7.36. The fourth-order valence-corrected chi connectivity index (χ4v) is 2.66. The van der Waals surface area contributed by atoms with Crippen LogP contribution in [0.1, 0.15) is 0 Å². The van der Waals surface area contributed by atoms with Crippen molar-refractivity contribution in [3.8, 4) is 11.3 Å². The predicted molar refractivity (Wildman–Crippen MR) is 98.6 cm³/mol. The van der Waals surface area contributed by atoms with Crippen LogP contribution in [-0.2, 0) is 0 Å². The molecule has 0 N–H and O–H groups in total. The molecule has 0 unspecified atom stereocenters. The summed E-state index contributed by atoms with van der Waals surface area (Å²) in [6, 6.07) is 23.1. The van der Waals surface area contributed by atoms with Crippen LogP contribution < -0.4 is 8.80 Å². The van der Waals surface area contributed by atoms with Gasteiger partial charge in [-0.2, -0.15) is 4.40 Å². The third kappa shape index (κ3) is 7.69. The number of hydrogen-bond acceptors (Lipinski definition) is 0. The lowest BCUT2D eigenvalue weighted by Crippen LogP contribution is -2.33. The molecule has 0 saturated heterocycles. The van der Waals surface area contributed by atoms with Crippen LogP contribution in [0.25, 0.3) is 22.3 Å². The average Bonchev–Trinajstić information content (AvgIpc) is 2.65. The number of fused-ring (bicyclic) bond motifs is 3. The highest BCUT2D eigenvalue weighted by molar-refractivity contribution is 6.50. The molecule has 0 aliphatic carbocycles. The zero-order valence-corrected chi connectivity index (χ0v) is 15.2. The highest BCUT2D eigenvalue weighted by atomic mass is 19.5. The summed E-state index contributed by atoms with van der Waals surface area (Å²) >= 11 is 0. The molecular weight excluding hydrogens is 418 g/mol. The summed E-state index contributed by atoms with van der Waals surface area (Å²) in [6.07, 6.45) is 6.39. The number of halogens is 8. The van der Waals surface area contributed by atoms with Gasteiger partial charge in [0, 0.05) is 24.3 Å². The Morgan fingerprint density at radius 2 is 1.00 bits per heavy atom. The van der Waals surface area contributed by atoms with Crippen LogP contribution in [-0.4, -0.2) is 14.5 Å². The van der Waals surface area contributed by atoms with Gasteiger partial charge in [0.2, 0.25) is 6.20 Å². The van der Waals surface area contributed by atoms with E-state index in [0.29, 0.717) is 0 Å². The molecule has 30 heavy (non-hydrogen) atoms. The van der Waals surface area contributed by atoms with Gasteiger partial charge in [0.25, 0.3) is 16.7 Å². The van der Waals surface area contributed by atoms with Gasteiger partial charge < -0.3 is 34.5 Å². The molecular formula is C18H14B2F8N2. The molecule has 1 aromatic carbocycles. The van der Waals surface area contributed by atoms with Crippen LogP contribution in [0, 0.1) is 0 Å². The first-order valence-electron chi connectivity index (χ1n) is 8.47. The standard InChI is InChI=1S/C18H14N2.2BF4/c1-2-8-15(9-3-1)18-14-19-12-6-4-10-16(19)17-11-5-7-13-20(17)18;2*2-1(3,4)5/h1-14H;;/q+2;2*-1. The maximum atomic E-state index is 9.75. The molecule has 0 aliphatic rings. The number of hydrogen-bond donors (Lipinski definition) is 0. The Hall–Kier alpha value is -3.17. The van der Waals surface area contributed by atoms with Crippen molar-refractivity contribution >= 4 is 25.5 Å². The minimum atomic E-state index is -6.00. The number of aromatic nitrogens is 2. The fraction of sp³-hybridized carbons (Fsp3) is 0. The molecule has 3 heterocycles. The third-order valence-electron chi connectivity index (χ3n) is 3.60. The fourth-order valence-electron chi connectivity index (χ4n) is 2.66. The maximum Gasteiger partial charge on any atom is 0.673 e. The maximum absolute atomic E-state index is 9.75. The highest BCUT2D eigenvalue weighted by Gasteiger charge is 2.22. The van der Waals surface area contributed by atoms with Crippen molar-refractivity contribution in [2.45, 2.75) is 0 Å². The van der Waals surface area contributed by atoms with Crippen molar-refractivity contribution in [2.24, 2.45) is 0 Å². The van der Waals surface area contributed by atoms with E-state index < -0.39 is 14.5 Å². The second-order valence-electron chi connectivity index (χ2n) is 5.82. The molecule has 0 bridgehead atoms. The molecule has 2 nitrogen and oxygen atoms in total. The molecule has 3 aromatic heterocycles. The molecule has 0 fully saturated rings. The summed E-state index contributed by atoms with van der Waals surface area (Å²) in [5, 5.41) is 0. The van der Waals surface area contributed by atoms with E-state index in [4.69, 9.17) is 0 Å². The number of pyridine rings is 2. The molecule has 4 aromatic rings. The van der Waals surface area contributed by atoms with Crippen LogP contribution >= 0.6 is 0 Å². The molecule has 0 aliphatic heterocycles. The van der Waals surface area contributed by atoms with Gasteiger partial charge in [-0.1, -0.05) is 18.2 Å². The molecule has 0 amide bonds. The zero-order chi connectivity index (χ0) is 22.4. The van der Waals surface area contributed by atoms with Crippen molar-refractivity contribution in [3.05, 3.63) is 85.3 Å². The SMILES string of the molecule is F[B-](F)(F)F.F[B-](F)(F)F.c1ccc(-c2c[n+]3ccccc3c3cccc[n+]23)cc1. The van der Waals surface area contributed by atoms with Gasteiger partial charge in [0.1, 0.15) is 0 Å². The van der Waals surface area contributed by atoms with Gasteiger partial charge in [-0.3, -0.25) is 0 Å². The van der Waals surface area contributed by atoms with Gasteiger partial charge in [-0.05, 0) is 24.3 Å². The van der Waals surface area contributed by atoms with Crippen LogP contribution in [0.4, 0.5) is 34.5 Å². The zero-order valence-electron chi connectivity index (χ0n) is 15.2. The van der Waals surface area contributed by atoms with E-state index in [9.17, 15) is 34.5 Å². The minimum absolute atomic E-state index is 1.19. The lowest BCUT2D eigenvalue weighted by atomic mass is 10.1. The first-order valence-corrected chi connectivity index (χ1v) is 8.47. The number of rotatable bonds is 1. The summed E-state index contributed by atoms with van der Waals surface area (Å²) in [6.45, 7) is 0. The third-order valence-corrected chi connectivity index (χ3v) is 3.60. The van der Waals surface area contributed by atoms with E-state index in [0.717, 1.165) is 0 Å². The van der Waals surface area contributed by atoms with Crippen molar-refractivity contribution in [1.82, 2.24) is 0 Å². The quantitative estimate of drug-likeness (QED) is 0.164. The Morgan fingerprint density at radius 1 is 0.533 bits per heavy atom. The molecule has 158 valence electrons. The molecule has 4 rings (SSSR count). The summed E-state index contributed by atoms with van der Waals surface area (Å²) < 4.78 is 82.4. The first-order chi connectivity index (χ1) is 13.9. The Morgan fingerprint density at radius 3 is 1.57 bits per heavy atom.